The lowest BCUT2D eigenvalue weighted by molar-refractivity contribution is 0.359. The van der Waals surface area contributed by atoms with E-state index >= 15 is 0 Å². The number of rotatable bonds is 4. The molecule has 0 spiro atoms. The molecule has 18 heavy (non-hydrogen) atoms. The first-order valence-electron chi connectivity index (χ1n) is 7.20. The second kappa shape index (κ2) is 6.07. The molecule has 1 aromatic rings. The van der Waals surface area contributed by atoms with Crippen molar-refractivity contribution < 1.29 is 0 Å². The summed E-state index contributed by atoms with van der Waals surface area (Å²) >= 11 is 0. The Kier molecular flexibility index (Phi) is 4.45. The van der Waals surface area contributed by atoms with Crippen molar-refractivity contribution in [1.82, 2.24) is 4.98 Å². The molecular formula is C15H25N3. The van der Waals surface area contributed by atoms with Crippen molar-refractivity contribution in [2.45, 2.75) is 46.1 Å². The van der Waals surface area contributed by atoms with Crippen molar-refractivity contribution in [3.05, 3.63) is 18.5 Å². The van der Waals surface area contributed by atoms with E-state index in [0.29, 0.717) is 6.04 Å². The van der Waals surface area contributed by atoms with Gasteiger partial charge in [0.15, 0.2) is 0 Å². The van der Waals surface area contributed by atoms with Crippen molar-refractivity contribution in [3.8, 4) is 0 Å². The predicted octanol–water partition coefficient (Wildman–Crippen LogP) is 3.53. The van der Waals surface area contributed by atoms with Crippen molar-refractivity contribution in [2.24, 2.45) is 5.92 Å². The van der Waals surface area contributed by atoms with Crippen LogP contribution in [0.3, 0.4) is 0 Å². The van der Waals surface area contributed by atoms with E-state index in [2.05, 4.69) is 42.0 Å². The number of nitrogens with one attached hydrogen (secondary N) is 1. The minimum Gasteiger partial charge on any atom is -0.384 e. The molecule has 1 N–H and O–H groups in total. The molecule has 1 aliphatic rings. The molecule has 0 radical (unpaired) electrons. The fourth-order valence-electron chi connectivity index (χ4n) is 2.76. The largest absolute Gasteiger partial charge is 0.384 e. The van der Waals surface area contributed by atoms with Crippen LogP contribution < -0.4 is 10.2 Å². The molecule has 2 heterocycles. The number of piperidine rings is 1. The predicted molar refractivity (Wildman–Crippen MR) is 78.2 cm³/mol. The Morgan fingerprint density at radius 1 is 1.33 bits per heavy atom. The highest BCUT2D eigenvalue weighted by Crippen LogP contribution is 2.29. The van der Waals surface area contributed by atoms with Crippen molar-refractivity contribution in [2.75, 3.05) is 23.3 Å². The summed E-state index contributed by atoms with van der Waals surface area (Å²) in [6.45, 7) is 8.86. The average Bonchev–Trinajstić information content (AvgIpc) is 2.40. The smallest absolute Gasteiger partial charge is 0.0575 e. The standard InChI is InChI=1S/C15H25N3/c1-4-13-7-6-12(3)18(11-13)15-8-14(17-5-2)9-16-10-15/h8-10,12-13,17H,4-7,11H2,1-3H3. The highest BCUT2D eigenvalue weighted by atomic mass is 15.2. The lowest BCUT2D eigenvalue weighted by Crippen LogP contribution is -2.41. The Bertz CT molecular complexity index is 378. The summed E-state index contributed by atoms with van der Waals surface area (Å²) in [6.07, 6.45) is 7.84. The molecule has 2 unspecified atom stereocenters. The van der Waals surface area contributed by atoms with Gasteiger partial charge in [-0.05, 0) is 38.7 Å². The third-order valence-corrected chi connectivity index (χ3v) is 3.99. The van der Waals surface area contributed by atoms with Crippen LogP contribution in [-0.2, 0) is 0 Å². The Balaban J connectivity index is 2.15. The van der Waals surface area contributed by atoms with E-state index < -0.39 is 0 Å². The van der Waals surface area contributed by atoms with E-state index in [1.54, 1.807) is 0 Å². The van der Waals surface area contributed by atoms with E-state index in [1.807, 2.05) is 12.4 Å². The zero-order chi connectivity index (χ0) is 13.0. The molecule has 0 aromatic carbocycles. The third kappa shape index (κ3) is 2.95. The molecule has 1 saturated heterocycles. The number of hydrogen-bond donors (Lipinski definition) is 1. The fourth-order valence-corrected chi connectivity index (χ4v) is 2.76. The van der Waals surface area contributed by atoms with Crippen LogP contribution in [0.25, 0.3) is 0 Å². The van der Waals surface area contributed by atoms with E-state index in [-0.39, 0.29) is 0 Å². The Hall–Kier alpha value is -1.25. The van der Waals surface area contributed by atoms with Crippen LogP contribution in [0, 0.1) is 5.92 Å². The SMILES string of the molecule is CCNc1cncc(N2CC(CC)CCC2C)c1. The molecule has 1 aliphatic heterocycles. The summed E-state index contributed by atoms with van der Waals surface area (Å²) in [5.74, 6) is 0.837. The fraction of sp³-hybridized carbons (Fsp3) is 0.667. The summed E-state index contributed by atoms with van der Waals surface area (Å²) < 4.78 is 0. The zero-order valence-corrected chi connectivity index (χ0v) is 11.8. The average molecular weight is 247 g/mol. The number of aromatic nitrogens is 1. The van der Waals surface area contributed by atoms with Gasteiger partial charge in [-0.2, -0.15) is 0 Å². The maximum absolute atomic E-state index is 4.36. The quantitative estimate of drug-likeness (QED) is 0.882. The molecule has 3 nitrogen and oxygen atoms in total. The maximum Gasteiger partial charge on any atom is 0.0575 e. The second-order valence-corrected chi connectivity index (χ2v) is 5.32. The normalized spacial score (nSPS) is 24.1. The summed E-state index contributed by atoms with van der Waals surface area (Å²) in [4.78, 5) is 6.88. The third-order valence-electron chi connectivity index (χ3n) is 3.99. The first-order chi connectivity index (χ1) is 8.74. The highest BCUT2D eigenvalue weighted by Gasteiger charge is 2.24. The first-order valence-corrected chi connectivity index (χ1v) is 7.20. The lowest BCUT2D eigenvalue weighted by Gasteiger charge is -2.39. The summed E-state index contributed by atoms with van der Waals surface area (Å²) in [5.41, 5.74) is 2.39. The molecule has 100 valence electrons. The zero-order valence-electron chi connectivity index (χ0n) is 11.8. The Labute approximate surface area is 111 Å². The van der Waals surface area contributed by atoms with E-state index in [0.717, 1.165) is 18.2 Å². The van der Waals surface area contributed by atoms with Crippen LogP contribution in [0.5, 0.6) is 0 Å². The molecule has 2 rings (SSSR count). The molecule has 2 atom stereocenters. The van der Waals surface area contributed by atoms with Gasteiger partial charge >= 0.3 is 0 Å². The van der Waals surface area contributed by atoms with Gasteiger partial charge in [0.05, 0.1) is 23.8 Å². The van der Waals surface area contributed by atoms with Crippen molar-refractivity contribution in [1.29, 1.82) is 0 Å². The van der Waals surface area contributed by atoms with Gasteiger partial charge in [0, 0.05) is 19.1 Å². The van der Waals surface area contributed by atoms with Crippen LogP contribution in [-0.4, -0.2) is 24.1 Å². The van der Waals surface area contributed by atoms with Crippen molar-refractivity contribution in [3.63, 3.8) is 0 Å². The van der Waals surface area contributed by atoms with E-state index in [1.165, 1.54) is 31.5 Å². The van der Waals surface area contributed by atoms with Gasteiger partial charge in [-0.1, -0.05) is 13.3 Å². The first kappa shape index (κ1) is 13.2. The number of hydrogen-bond acceptors (Lipinski definition) is 3. The second-order valence-electron chi connectivity index (χ2n) is 5.32. The molecule has 0 bridgehead atoms. The molecule has 0 saturated carbocycles. The summed E-state index contributed by atoms with van der Waals surface area (Å²) in [6, 6.07) is 2.86. The summed E-state index contributed by atoms with van der Waals surface area (Å²) in [7, 11) is 0. The Morgan fingerprint density at radius 3 is 2.89 bits per heavy atom. The van der Waals surface area contributed by atoms with Gasteiger partial charge in [-0.25, -0.2) is 0 Å². The van der Waals surface area contributed by atoms with E-state index in [9.17, 15) is 0 Å². The van der Waals surface area contributed by atoms with Crippen LogP contribution >= 0.6 is 0 Å². The molecule has 0 amide bonds. The van der Waals surface area contributed by atoms with Crippen LogP contribution in [0.1, 0.15) is 40.0 Å². The number of anilines is 2. The van der Waals surface area contributed by atoms with Gasteiger partial charge in [-0.15, -0.1) is 0 Å². The molecule has 0 aliphatic carbocycles. The van der Waals surface area contributed by atoms with Gasteiger partial charge in [0.2, 0.25) is 0 Å². The maximum atomic E-state index is 4.36. The van der Waals surface area contributed by atoms with Crippen LogP contribution in [0.4, 0.5) is 11.4 Å². The molecule has 1 aromatic heterocycles. The molecule has 3 heteroatoms. The highest BCUT2D eigenvalue weighted by molar-refractivity contribution is 5.56. The van der Waals surface area contributed by atoms with Gasteiger partial charge in [0.25, 0.3) is 0 Å². The van der Waals surface area contributed by atoms with Crippen LogP contribution in [0.2, 0.25) is 0 Å². The number of pyridine rings is 1. The molecular weight excluding hydrogens is 222 g/mol. The Morgan fingerprint density at radius 2 is 2.17 bits per heavy atom. The lowest BCUT2D eigenvalue weighted by atomic mass is 9.91. The van der Waals surface area contributed by atoms with Gasteiger partial charge < -0.3 is 10.2 Å². The topological polar surface area (TPSA) is 28.2 Å². The van der Waals surface area contributed by atoms with Gasteiger partial charge in [0.1, 0.15) is 0 Å². The minimum atomic E-state index is 0.631. The van der Waals surface area contributed by atoms with Gasteiger partial charge in [-0.3, -0.25) is 4.98 Å². The number of nitrogens with zero attached hydrogens (tertiary/aromatic N) is 2. The summed E-state index contributed by atoms with van der Waals surface area (Å²) in [5, 5.41) is 3.34. The van der Waals surface area contributed by atoms with Crippen LogP contribution in [0.15, 0.2) is 18.5 Å². The monoisotopic (exact) mass is 247 g/mol. The molecule has 1 fully saturated rings. The van der Waals surface area contributed by atoms with E-state index in [4.69, 9.17) is 0 Å². The van der Waals surface area contributed by atoms with Crippen molar-refractivity contribution >= 4 is 11.4 Å². The minimum absolute atomic E-state index is 0.631.